The van der Waals surface area contributed by atoms with Crippen LogP contribution >= 0.6 is 0 Å². The number of para-hydroxylation sites is 1. The number of unbranched alkanes of at least 4 members (excludes halogenated alkanes) is 1. The number of aliphatic hydroxyl groups excluding tert-OH is 1. The molecule has 3 heterocycles. The molecule has 138 valence electrons. The standard InChI is InChI=1S/C20H31N2O3/c1-2-3-11-21(18-7-5-4-6-8-18)20(24)25-19-16-22(14-15-23)12-9-17(19)10-13-22/h4-8,17,19,23H,2-3,9-16H2,1H3/q+1/t17?,19-,22?/m0/s1. The van der Waals surface area contributed by atoms with Gasteiger partial charge >= 0.3 is 6.09 Å². The van der Waals surface area contributed by atoms with Gasteiger partial charge in [-0.2, -0.15) is 0 Å². The molecule has 1 atom stereocenters. The highest BCUT2D eigenvalue weighted by Crippen LogP contribution is 2.35. The molecule has 3 fully saturated rings. The fourth-order valence-electron chi connectivity index (χ4n) is 4.32. The van der Waals surface area contributed by atoms with Gasteiger partial charge in [-0.15, -0.1) is 0 Å². The number of ether oxygens (including phenoxy) is 1. The molecule has 0 radical (unpaired) electrons. The zero-order valence-electron chi connectivity index (χ0n) is 15.3. The van der Waals surface area contributed by atoms with E-state index in [4.69, 9.17) is 4.74 Å². The Kier molecular flexibility index (Phi) is 5.97. The molecular formula is C20H31N2O3+. The molecule has 0 aromatic heterocycles. The van der Waals surface area contributed by atoms with Crippen molar-refractivity contribution in [3.05, 3.63) is 30.3 Å². The van der Waals surface area contributed by atoms with Crippen molar-refractivity contribution in [2.24, 2.45) is 5.92 Å². The summed E-state index contributed by atoms with van der Waals surface area (Å²) in [6.45, 7) is 6.87. The minimum Gasteiger partial charge on any atom is -0.440 e. The second-order valence-corrected chi connectivity index (χ2v) is 7.52. The molecule has 0 aliphatic carbocycles. The van der Waals surface area contributed by atoms with Gasteiger partial charge in [0.15, 0.2) is 6.10 Å². The number of aliphatic hydroxyl groups is 1. The van der Waals surface area contributed by atoms with E-state index in [9.17, 15) is 9.90 Å². The highest BCUT2D eigenvalue weighted by molar-refractivity contribution is 5.87. The van der Waals surface area contributed by atoms with E-state index < -0.39 is 0 Å². The van der Waals surface area contributed by atoms with Gasteiger partial charge < -0.3 is 14.3 Å². The van der Waals surface area contributed by atoms with Gasteiger partial charge in [-0.3, -0.25) is 4.90 Å². The summed E-state index contributed by atoms with van der Waals surface area (Å²) < 4.78 is 6.91. The topological polar surface area (TPSA) is 49.8 Å². The third kappa shape index (κ3) is 4.15. The van der Waals surface area contributed by atoms with Crippen molar-refractivity contribution in [3.63, 3.8) is 0 Å². The predicted octanol–water partition coefficient (Wildman–Crippen LogP) is 3.03. The van der Waals surface area contributed by atoms with Crippen molar-refractivity contribution in [1.29, 1.82) is 0 Å². The Bertz CT molecular complexity index is 550. The van der Waals surface area contributed by atoms with Crippen molar-refractivity contribution < 1.29 is 19.1 Å². The molecule has 5 heteroatoms. The summed E-state index contributed by atoms with van der Waals surface area (Å²) >= 11 is 0. The Morgan fingerprint density at radius 1 is 1.28 bits per heavy atom. The summed E-state index contributed by atoms with van der Waals surface area (Å²) in [5, 5.41) is 9.40. The van der Waals surface area contributed by atoms with Gasteiger partial charge in [0.05, 0.1) is 19.7 Å². The molecule has 3 aliphatic rings. The number of hydrogen-bond donors (Lipinski definition) is 1. The van der Waals surface area contributed by atoms with E-state index >= 15 is 0 Å². The van der Waals surface area contributed by atoms with Crippen LogP contribution in [-0.4, -0.2) is 61.1 Å². The maximum Gasteiger partial charge on any atom is 0.414 e. The molecule has 1 amide bonds. The smallest absolute Gasteiger partial charge is 0.414 e. The van der Waals surface area contributed by atoms with Gasteiger partial charge in [-0.25, -0.2) is 4.79 Å². The number of carbonyl (C=O) groups is 1. The lowest BCUT2D eigenvalue weighted by Gasteiger charge is -2.51. The highest BCUT2D eigenvalue weighted by atomic mass is 16.6. The number of nitrogens with zero attached hydrogens (tertiary/aromatic N) is 2. The van der Waals surface area contributed by atoms with Crippen LogP contribution in [0.15, 0.2) is 30.3 Å². The van der Waals surface area contributed by atoms with Crippen molar-refractivity contribution in [1.82, 2.24) is 0 Å². The molecule has 0 saturated carbocycles. The fraction of sp³-hybridized carbons (Fsp3) is 0.650. The van der Waals surface area contributed by atoms with Crippen LogP contribution in [0.4, 0.5) is 10.5 Å². The lowest BCUT2D eigenvalue weighted by Crippen LogP contribution is -2.65. The summed E-state index contributed by atoms with van der Waals surface area (Å²) in [6.07, 6.45) is 3.95. The zero-order valence-corrected chi connectivity index (χ0v) is 15.3. The average molecular weight is 347 g/mol. The van der Waals surface area contributed by atoms with Crippen LogP contribution in [0.5, 0.6) is 0 Å². The maximum atomic E-state index is 12.9. The first-order chi connectivity index (χ1) is 12.2. The number of hydrogen-bond acceptors (Lipinski definition) is 3. The molecule has 4 rings (SSSR count). The number of piperidine rings is 3. The molecule has 3 saturated heterocycles. The van der Waals surface area contributed by atoms with Gasteiger partial charge in [0.1, 0.15) is 13.1 Å². The number of rotatable bonds is 7. The SMILES string of the molecule is CCCCN(C(=O)O[C@H]1C[N+]2(CCO)CCC1CC2)c1ccccc1. The van der Waals surface area contributed by atoms with E-state index in [-0.39, 0.29) is 18.8 Å². The Balaban J connectivity index is 1.68. The summed E-state index contributed by atoms with van der Waals surface area (Å²) in [4.78, 5) is 14.7. The van der Waals surface area contributed by atoms with E-state index in [1.165, 1.54) is 0 Å². The molecule has 0 unspecified atom stereocenters. The quantitative estimate of drug-likeness (QED) is 0.771. The predicted molar refractivity (Wildman–Crippen MR) is 98.5 cm³/mol. The summed E-state index contributed by atoms with van der Waals surface area (Å²) in [6, 6.07) is 9.80. The van der Waals surface area contributed by atoms with Crippen LogP contribution in [0.25, 0.3) is 0 Å². The lowest BCUT2D eigenvalue weighted by molar-refractivity contribution is -0.946. The molecular weight excluding hydrogens is 316 g/mol. The van der Waals surface area contributed by atoms with E-state index in [2.05, 4.69) is 6.92 Å². The van der Waals surface area contributed by atoms with Crippen LogP contribution in [0.1, 0.15) is 32.6 Å². The van der Waals surface area contributed by atoms with Crippen LogP contribution in [0.3, 0.4) is 0 Å². The monoisotopic (exact) mass is 347 g/mol. The Morgan fingerprint density at radius 3 is 2.64 bits per heavy atom. The number of amides is 1. The minimum atomic E-state index is -0.222. The molecule has 3 aliphatic heterocycles. The van der Waals surface area contributed by atoms with E-state index in [0.717, 1.165) is 62.0 Å². The van der Waals surface area contributed by atoms with Gasteiger partial charge in [-0.1, -0.05) is 31.5 Å². The van der Waals surface area contributed by atoms with Gasteiger partial charge in [0, 0.05) is 31.0 Å². The Hall–Kier alpha value is -1.59. The molecule has 5 nitrogen and oxygen atoms in total. The van der Waals surface area contributed by atoms with Crippen LogP contribution in [-0.2, 0) is 4.74 Å². The third-order valence-electron chi connectivity index (χ3n) is 5.89. The van der Waals surface area contributed by atoms with Crippen molar-refractivity contribution in [2.45, 2.75) is 38.7 Å². The third-order valence-corrected chi connectivity index (χ3v) is 5.89. The molecule has 1 aromatic rings. The number of fused-ring (bicyclic) bond motifs is 3. The van der Waals surface area contributed by atoms with Gasteiger partial charge in [0.25, 0.3) is 0 Å². The van der Waals surface area contributed by atoms with E-state index in [1.54, 1.807) is 4.90 Å². The number of benzene rings is 1. The van der Waals surface area contributed by atoms with Crippen LogP contribution in [0.2, 0.25) is 0 Å². The summed E-state index contributed by atoms with van der Waals surface area (Å²) in [5.74, 6) is 0.478. The highest BCUT2D eigenvalue weighted by Gasteiger charge is 2.47. The first kappa shape index (κ1) is 18.2. The van der Waals surface area contributed by atoms with Gasteiger partial charge in [0.2, 0.25) is 0 Å². The second kappa shape index (κ2) is 8.19. The first-order valence-electron chi connectivity index (χ1n) is 9.66. The normalized spacial score (nSPS) is 27.9. The zero-order chi connectivity index (χ0) is 17.7. The number of quaternary nitrogens is 1. The molecule has 25 heavy (non-hydrogen) atoms. The fourth-order valence-corrected chi connectivity index (χ4v) is 4.32. The largest absolute Gasteiger partial charge is 0.440 e. The van der Waals surface area contributed by atoms with Crippen LogP contribution in [0, 0.1) is 5.92 Å². The second-order valence-electron chi connectivity index (χ2n) is 7.52. The van der Waals surface area contributed by atoms with Crippen molar-refractivity contribution in [3.8, 4) is 0 Å². The van der Waals surface area contributed by atoms with Gasteiger partial charge in [-0.05, 0) is 18.6 Å². The molecule has 0 spiro atoms. The number of anilines is 1. The molecule has 1 N–H and O–H groups in total. The van der Waals surface area contributed by atoms with E-state index in [0.29, 0.717) is 12.5 Å². The lowest BCUT2D eigenvalue weighted by atomic mass is 9.83. The Labute approximate surface area is 150 Å². The van der Waals surface area contributed by atoms with E-state index in [1.807, 2.05) is 30.3 Å². The molecule has 1 aromatic carbocycles. The average Bonchev–Trinajstić information content (AvgIpc) is 2.64. The minimum absolute atomic E-state index is 0.0191. The number of carbonyl (C=O) groups excluding carboxylic acids is 1. The first-order valence-corrected chi connectivity index (χ1v) is 9.66. The van der Waals surface area contributed by atoms with Crippen molar-refractivity contribution >= 4 is 11.8 Å². The Morgan fingerprint density at radius 2 is 2.00 bits per heavy atom. The summed E-state index contributed by atoms with van der Waals surface area (Å²) in [7, 11) is 0. The summed E-state index contributed by atoms with van der Waals surface area (Å²) in [5.41, 5.74) is 0.904. The van der Waals surface area contributed by atoms with Crippen molar-refractivity contribution in [2.75, 3.05) is 44.2 Å². The maximum absolute atomic E-state index is 12.9. The van der Waals surface area contributed by atoms with Crippen LogP contribution < -0.4 is 4.90 Å². The molecule has 2 bridgehead atoms.